The van der Waals surface area contributed by atoms with Crippen LogP contribution in [0.15, 0.2) is 121 Å². The molecule has 0 amide bonds. The minimum absolute atomic E-state index is 0.206. The van der Waals surface area contributed by atoms with Gasteiger partial charge in [0.05, 0.1) is 6.61 Å². The van der Waals surface area contributed by atoms with E-state index >= 15 is 0 Å². The van der Waals surface area contributed by atoms with Crippen LogP contribution in [0.4, 0.5) is 0 Å². The summed E-state index contributed by atoms with van der Waals surface area (Å²) in [6, 6.07) is 39.5. The average Bonchev–Trinajstić information content (AvgIpc) is 3.04. The Morgan fingerprint density at radius 3 is 1.64 bits per heavy atom. The summed E-state index contributed by atoms with van der Waals surface area (Å²) >= 11 is 0. The van der Waals surface area contributed by atoms with E-state index in [0.29, 0.717) is 23.9 Å². The quantitative estimate of drug-likeness (QED) is 0.145. The van der Waals surface area contributed by atoms with E-state index in [1.165, 1.54) is 22.3 Å². The molecule has 5 nitrogen and oxygen atoms in total. The van der Waals surface area contributed by atoms with Gasteiger partial charge in [0, 0.05) is 5.57 Å². The zero-order valence-electron chi connectivity index (χ0n) is 26.2. The standard InChI is InChI=1S/C40H38O5/c1-5-43-38(25-44-36-20-21-37(29(4)24-36)45-26-39(41)42)40(32-16-12-30(13-17-32)34-10-6-8-27(2)22-34)33-18-14-31(15-19-33)35-11-7-9-28(3)23-35/h6-24H,5,25-26H2,1-4H3,(H,41,42). The van der Waals surface area contributed by atoms with Gasteiger partial charge in [-0.05, 0) is 84.8 Å². The van der Waals surface area contributed by atoms with E-state index in [4.69, 9.17) is 19.3 Å². The first-order chi connectivity index (χ1) is 21.8. The lowest BCUT2D eigenvalue weighted by atomic mass is 9.93. The minimum Gasteiger partial charge on any atom is -0.494 e. The number of aryl methyl sites for hydroxylation is 3. The predicted octanol–water partition coefficient (Wildman–Crippen LogP) is 9.28. The van der Waals surface area contributed by atoms with Gasteiger partial charge in [-0.2, -0.15) is 0 Å². The summed E-state index contributed by atoms with van der Waals surface area (Å²) in [5, 5.41) is 8.96. The molecule has 5 heteroatoms. The van der Waals surface area contributed by atoms with E-state index in [9.17, 15) is 4.79 Å². The second kappa shape index (κ2) is 14.5. The third-order valence-electron chi connectivity index (χ3n) is 7.51. The maximum atomic E-state index is 10.9. The van der Waals surface area contributed by atoms with Crippen LogP contribution in [0, 0.1) is 20.8 Å². The Hall–Kier alpha value is -5.29. The van der Waals surface area contributed by atoms with Gasteiger partial charge in [-0.25, -0.2) is 4.79 Å². The zero-order valence-corrected chi connectivity index (χ0v) is 26.2. The molecule has 228 valence electrons. The van der Waals surface area contributed by atoms with E-state index < -0.39 is 12.6 Å². The SMILES string of the molecule is CCOC(COc1ccc(OCC(=O)O)c(C)c1)=C(c1ccc(-c2cccc(C)c2)cc1)c1ccc(-c2cccc(C)c2)cc1. The summed E-state index contributed by atoms with van der Waals surface area (Å²) in [6.07, 6.45) is 0. The number of aliphatic carboxylic acids is 1. The fraction of sp³-hybridized carbons (Fsp3) is 0.175. The Morgan fingerprint density at radius 1 is 0.622 bits per heavy atom. The van der Waals surface area contributed by atoms with E-state index in [1.807, 2.05) is 19.9 Å². The van der Waals surface area contributed by atoms with Gasteiger partial charge in [0.2, 0.25) is 0 Å². The Bertz CT molecular complexity index is 1710. The average molecular weight is 599 g/mol. The van der Waals surface area contributed by atoms with Gasteiger partial charge in [0.1, 0.15) is 23.9 Å². The lowest BCUT2D eigenvalue weighted by molar-refractivity contribution is -0.139. The highest BCUT2D eigenvalue weighted by atomic mass is 16.5. The molecule has 0 atom stereocenters. The number of benzene rings is 5. The van der Waals surface area contributed by atoms with Gasteiger partial charge in [0.15, 0.2) is 6.61 Å². The molecule has 0 aromatic heterocycles. The smallest absolute Gasteiger partial charge is 0.341 e. The Labute approximate surface area is 265 Å². The molecule has 45 heavy (non-hydrogen) atoms. The number of carboxylic acid groups (broad SMARTS) is 1. The van der Waals surface area contributed by atoms with Crippen molar-refractivity contribution in [2.75, 3.05) is 19.8 Å². The van der Waals surface area contributed by atoms with Crippen LogP contribution in [-0.2, 0) is 9.53 Å². The summed E-state index contributed by atoms with van der Waals surface area (Å²) in [6.45, 7) is 8.33. The molecule has 5 aromatic carbocycles. The molecule has 0 heterocycles. The van der Waals surface area contributed by atoms with Crippen LogP contribution < -0.4 is 9.47 Å². The molecular weight excluding hydrogens is 560 g/mol. The molecule has 0 unspecified atom stereocenters. The molecule has 0 aliphatic heterocycles. The Morgan fingerprint density at radius 2 is 1.18 bits per heavy atom. The van der Waals surface area contributed by atoms with Crippen molar-refractivity contribution in [3.63, 3.8) is 0 Å². The highest BCUT2D eigenvalue weighted by Gasteiger charge is 2.16. The Kier molecular flexibility index (Phi) is 10.0. The highest BCUT2D eigenvalue weighted by Crippen LogP contribution is 2.33. The van der Waals surface area contributed by atoms with Crippen molar-refractivity contribution >= 4 is 11.5 Å². The summed E-state index contributed by atoms with van der Waals surface area (Å²) in [5.74, 6) is 0.838. The lowest BCUT2D eigenvalue weighted by Gasteiger charge is -2.19. The molecule has 0 aliphatic carbocycles. The first-order valence-electron chi connectivity index (χ1n) is 15.1. The second-order valence-electron chi connectivity index (χ2n) is 11.0. The summed E-state index contributed by atoms with van der Waals surface area (Å²) in [4.78, 5) is 10.9. The van der Waals surface area contributed by atoms with Crippen molar-refractivity contribution in [2.45, 2.75) is 27.7 Å². The van der Waals surface area contributed by atoms with Crippen molar-refractivity contribution in [1.29, 1.82) is 0 Å². The van der Waals surface area contributed by atoms with Crippen LogP contribution in [-0.4, -0.2) is 30.9 Å². The van der Waals surface area contributed by atoms with Crippen molar-refractivity contribution in [3.05, 3.63) is 149 Å². The number of hydrogen-bond donors (Lipinski definition) is 1. The molecule has 0 saturated carbocycles. The minimum atomic E-state index is -1.02. The fourth-order valence-corrected chi connectivity index (χ4v) is 5.32. The number of hydrogen-bond acceptors (Lipinski definition) is 4. The predicted molar refractivity (Wildman–Crippen MR) is 181 cm³/mol. The topological polar surface area (TPSA) is 65.0 Å². The molecule has 1 N–H and O–H groups in total. The third kappa shape index (κ3) is 8.01. The van der Waals surface area contributed by atoms with E-state index in [0.717, 1.165) is 33.4 Å². The first-order valence-corrected chi connectivity index (χ1v) is 15.1. The van der Waals surface area contributed by atoms with Crippen LogP contribution in [0.1, 0.15) is 34.7 Å². The van der Waals surface area contributed by atoms with Crippen molar-refractivity contribution in [3.8, 4) is 33.8 Å². The number of rotatable bonds is 12. The van der Waals surface area contributed by atoms with Gasteiger partial charge in [-0.15, -0.1) is 0 Å². The lowest BCUT2D eigenvalue weighted by Crippen LogP contribution is -2.11. The van der Waals surface area contributed by atoms with Crippen LogP contribution in [0.2, 0.25) is 0 Å². The molecule has 5 aromatic rings. The molecule has 5 rings (SSSR count). The summed E-state index contributed by atoms with van der Waals surface area (Å²) in [7, 11) is 0. The van der Waals surface area contributed by atoms with Crippen LogP contribution in [0.25, 0.3) is 27.8 Å². The largest absolute Gasteiger partial charge is 0.494 e. The molecule has 0 fully saturated rings. The second-order valence-corrected chi connectivity index (χ2v) is 11.0. The van der Waals surface area contributed by atoms with Crippen molar-refractivity contribution in [1.82, 2.24) is 0 Å². The van der Waals surface area contributed by atoms with Gasteiger partial charge in [0.25, 0.3) is 0 Å². The van der Waals surface area contributed by atoms with Crippen LogP contribution in [0.5, 0.6) is 11.5 Å². The molecule has 0 saturated heterocycles. The zero-order chi connectivity index (χ0) is 31.8. The maximum Gasteiger partial charge on any atom is 0.341 e. The molecule has 0 radical (unpaired) electrons. The van der Waals surface area contributed by atoms with Crippen LogP contribution in [0.3, 0.4) is 0 Å². The monoisotopic (exact) mass is 598 g/mol. The van der Waals surface area contributed by atoms with Gasteiger partial charge >= 0.3 is 5.97 Å². The molecule has 0 aliphatic rings. The Balaban J connectivity index is 1.51. The fourth-order valence-electron chi connectivity index (χ4n) is 5.32. The number of carbonyl (C=O) groups is 1. The normalized spacial score (nSPS) is 10.7. The van der Waals surface area contributed by atoms with E-state index in [-0.39, 0.29) is 6.61 Å². The maximum absolute atomic E-state index is 10.9. The molecule has 0 spiro atoms. The molecular formula is C40H38O5. The van der Waals surface area contributed by atoms with Crippen molar-refractivity contribution in [2.24, 2.45) is 0 Å². The van der Waals surface area contributed by atoms with Gasteiger partial charge in [-0.3, -0.25) is 0 Å². The van der Waals surface area contributed by atoms with Crippen LogP contribution >= 0.6 is 0 Å². The summed E-state index contributed by atoms with van der Waals surface area (Å²) in [5.41, 5.74) is 10.9. The summed E-state index contributed by atoms with van der Waals surface area (Å²) < 4.78 is 17.9. The van der Waals surface area contributed by atoms with E-state index in [1.54, 1.807) is 12.1 Å². The van der Waals surface area contributed by atoms with E-state index in [2.05, 4.69) is 111 Å². The van der Waals surface area contributed by atoms with Gasteiger partial charge < -0.3 is 19.3 Å². The molecule has 0 bridgehead atoms. The first kappa shape index (κ1) is 31.1. The third-order valence-corrected chi connectivity index (χ3v) is 7.51. The highest BCUT2D eigenvalue weighted by molar-refractivity contribution is 5.83. The number of ether oxygens (including phenoxy) is 3. The van der Waals surface area contributed by atoms with Crippen molar-refractivity contribution < 1.29 is 24.1 Å². The van der Waals surface area contributed by atoms with Gasteiger partial charge in [-0.1, -0.05) is 108 Å². The number of carboxylic acids is 1.